The zero-order valence-electron chi connectivity index (χ0n) is 19.0. The van der Waals surface area contributed by atoms with Crippen molar-refractivity contribution in [3.8, 4) is 0 Å². The van der Waals surface area contributed by atoms with Crippen LogP contribution in [0.3, 0.4) is 0 Å². The Labute approximate surface area is 185 Å². The monoisotopic (exact) mass is 450 g/mol. The summed E-state index contributed by atoms with van der Waals surface area (Å²) in [5, 5.41) is 2.82. The summed E-state index contributed by atoms with van der Waals surface area (Å²) in [6.07, 6.45) is -0.229. The van der Waals surface area contributed by atoms with Gasteiger partial charge >= 0.3 is 0 Å². The van der Waals surface area contributed by atoms with Gasteiger partial charge in [-0.1, -0.05) is 30.8 Å². The average Bonchev–Trinajstić information content (AvgIpc) is 2.65. The Bertz CT molecular complexity index is 792. The number of rotatable bonds is 9. The van der Waals surface area contributed by atoms with Crippen molar-refractivity contribution in [2.45, 2.75) is 64.4 Å². The number of benzene rings is 1. The highest BCUT2D eigenvalue weighted by molar-refractivity contribution is 8.13. The van der Waals surface area contributed by atoms with Crippen LogP contribution in [0.5, 0.6) is 0 Å². The van der Waals surface area contributed by atoms with Crippen LogP contribution in [0.1, 0.15) is 38.1 Å². The molecule has 1 saturated heterocycles. The van der Waals surface area contributed by atoms with Crippen LogP contribution in [0.2, 0.25) is 19.6 Å². The van der Waals surface area contributed by atoms with Crippen LogP contribution in [0.4, 0.5) is 0 Å². The lowest BCUT2D eigenvalue weighted by Crippen LogP contribution is -2.66. The fourth-order valence-electron chi connectivity index (χ4n) is 3.75. The van der Waals surface area contributed by atoms with Gasteiger partial charge in [-0.25, -0.2) is 0 Å². The van der Waals surface area contributed by atoms with Crippen LogP contribution in [0.15, 0.2) is 29.2 Å². The third-order valence-electron chi connectivity index (χ3n) is 5.33. The maximum Gasteiger partial charge on any atom is 0.254 e. The molecule has 6 nitrogen and oxygen atoms in total. The summed E-state index contributed by atoms with van der Waals surface area (Å²) >= 11 is 1.08. The van der Waals surface area contributed by atoms with Crippen molar-refractivity contribution in [2.75, 3.05) is 13.1 Å². The molecule has 0 spiro atoms. The number of nitrogens with zero attached hydrogens (tertiary/aromatic N) is 1. The maximum absolute atomic E-state index is 13.0. The van der Waals surface area contributed by atoms with Crippen LogP contribution < -0.4 is 5.32 Å². The Balaban J connectivity index is 2.13. The minimum Gasteiger partial charge on any atom is -0.414 e. The van der Waals surface area contributed by atoms with E-state index < -0.39 is 8.32 Å². The first-order valence-corrected chi connectivity index (χ1v) is 14.8. The molecule has 2 rings (SSSR count). The molecule has 1 heterocycles. The molecular formula is C22H34N2O4SSi. The fourth-order valence-corrected chi connectivity index (χ4v) is 5.97. The summed E-state index contributed by atoms with van der Waals surface area (Å²) < 4.78 is 6.10. The van der Waals surface area contributed by atoms with Gasteiger partial charge in [0, 0.05) is 23.9 Å². The molecule has 1 aromatic carbocycles. The highest BCUT2D eigenvalue weighted by atomic mass is 32.2. The zero-order chi connectivity index (χ0) is 22.6. The van der Waals surface area contributed by atoms with Gasteiger partial charge in [-0.05, 0) is 52.5 Å². The molecule has 1 fully saturated rings. The van der Waals surface area contributed by atoms with Gasteiger partial charge in [-0.3, -0.25) is 14.4 Å². The molecule has 0 aromatic heterocycles. The van der Waals surface area contributed by atoms with E-state index in [2.05, 4.69) is 25.0 Å². The number of amides is 2. The highest BCUT2D eigenvalue weighted by Gasteiger charge is 2.48. The molecular weight excluding hydrogens is 416 g/mol. The van der Waals surface area contributed by atoms with E-state index in [4.69, 9.17) is 4.43 Å². The van der Waals surface area contributed by atoms with Crippen molar-refractivity contribution in [3.63, 3.8) is 0 Å². The van der Waals surface area contributed by atoms with Gasteiger partial charge in [-0.15, -0.1) is 0 Å². The minimum atomic E-state index is -1.80. The van der Waals surface area contributed by atoms with Crippen molar-refractivity contribution in [2.24, 2.45) is 11.8 Å². The molecule has 0 bridgehead atoms. The normalized spacial score (nSPS) is 20.7. The first-order valence-electron chi connectivity index (χ1n) is 10.6. The number of β-lactam (4-membered cyclic amide) rings is 1. The van der Waals surface area contributed by atoms with E-state index in [1.54, 1.807) is 17.0 Å². The molecule has 4 atom stereocenters. The lowest BCUT2D eigenvalue weighted by Gasteiger charge is -2.44. The van der Waals surface area contributed by atoms with Gasteiger partial charge in [0.15, 0.2) is 13.4 Å². The largest absolute Gasteiger partial charge is 0.414 e. The SMILES string of the molecule is CCN(CC)C(=O)c1ccccc1SC(=O)C(C)[C@H]1NC(=O)[C@@H]1C(C)O[Si](C)(C)C. The van der Waals surface area contributed by atoms with E-state index in [1.165, 1.54) is 0 Å². The third-order valence-corrected chi connectivity index (χ3v) is 7.56. The Morgan fingerprint density at radius 3 is 2.30 bits per heavy atom. The van der Waals surface area contributed by atoms with Gasteiger partial charge in [0.05, 0.1) is 23.6 Å². The number of carbonyl (C=O) groups excluding carboxylic acids is 3. The predicted molar refractivity (Wildman–Crippen MR) is 123 cm³/mol. The molecule has 1 aliphatic heterocycles. The van der Waals surface area contributed by atoms with Gasteiger partial charge < -0.3 is 14.6 Å². The number of carbonyl (C=O) groups is 3. The van der Waals surface area contributed by atoms with Gasteiger partial charge in [0.2, 0.25) is 5.91 Å². The van der Waals surface area contributed by atoms with Gasteiger partial charge in [0.25, 0.3) is 5.91 Å². The smallest absolute Gasteiger partial charge is 0.254 e. The van der Waals surface area contributed by atoms with Crippen molar-refractivity contribution >= 4 is 37.0 Å². The number of hydrogen-bond donors (Lipinski definition) is 1. The molecule has 166 valence electrons. The topological polar surface area (TPSA) is 75.7 Å². The number of hydrogen-bond acceptors (Lipinski definition) is 5. The van der Waals surface area contributed by atoms with E-state index in [0.29, 0.717) is 23.5 Å². The van der Waals surface area contributed by atoms with Crippen LogP contribution >= 0.6 is 11.8 Å². The van der Waals surface area contributed by atoms with Crippen molar-refractivity contribution in [3.05, 3.63) is 29.8 Å². The lowest BCUT2D eigenvalue weighted by molar-refractivity contribution is -0.142. The van der Waals surface area contributed by atoms with Crippen LogP contribution in [0.25, 0.3) is 0 Å². The summed E-state index contributed by atoms with van der Waals surface area (Å²) in [4.78, 5) is 40.5. The van der Waals surface area contributed by atoms with Gasteiger partial charge in [-0.2, -0.15) is 0 Å². The molecule has 8 heteroatoms. The van der Waals surface area contributed by atoms with E-state index in [-0.39, 0.29) is 40.9 Å². The Hall–Kier alpha value is -1.64. The second-order valence-electron chi connectivity index (χ2n) is 8.68. The summed E-state index contributed by atoms with van der Waals surface area (Å²) in [5.41, 5.74) is 0.538. The minimum absolute atomic E-state index is 0.0625. The molecule has 0 saturated carbocycles. The fraction of sp³-hybridized carbons (Fsp3) is 0.591. The molecule has 0 aliphatic carbocycles. The maximum atomic E-state index is 13.0. The number of nitrogens with one attached hydrogen (secondary N) is 1. The second-order valence-corrected chi connectivity index (χ2v) is 14.2. The van der Waals surface area contributed by atoms with Crippen molar-refractivity contribution in [1.82, 2.24) is 10.2 Å². The van der Waals surface area contributed by atoms with Crippen molar-refractivity contribution in [1.29, 1.82) is 0 Å². The Kier molecular flexibility index (Phi) is 8.30. The summed E-state index contributed by atoms with van der Waals surface area (Å²) in [5.74, 6) is -0.853. The molecule has 2 unspecified atom stereocenters. The predicted octanol–water partition coefficient (Wildman–Crippen LogP) is 3.78. The first kappa shape index (κ1) is 24.6. The molecule has 1 aromatic rings. The summed E-state index contributed by atoms with van der Waals surface area (Å²) in [7, 11) is -1.80. The quantitative estimate of drug-likeness (QED) is 0.352. The zero-order valence-corrected chi connectivity index (χ0v) is 20.8. The van der Waals surface area contributed by atoms with E-state index in [0.717, 1.165) is 11.8 Å². The van der Waals surface area contributed by atoms with Crippen LogP contribution in [-0.2, 0) is 14.0 Å². The molecule has 2 amide bonds. The van der Waals surface area contributed by atoms with Crippen molar-refractivity contribution < 1.29 is 18.8 Å². The third kappa shape index (κ3) is 5.74. The molecule has 1 N–H and O–H groups in total. The second kappa shape index (κ2) is 10.1. The molecule has 1 aliphatic rings. The first-order chi connectivity index (χ1) is 14.0. The Morgan fingerprint density at radius 1 is 1.17 bits per heavy atom. The molecule has 30 heavy (non-hydrogen) atoms. The van der Waals surface area contributed by atoms with E-state index in [9.17, 15) is 14.4 Å². The number of thioether (sulfide) groups is 1. The van der Waals surface area contributed by atoms with Crippen LogP contribution in [0, 0.1) is 11.8 Å². The van der Waals surface area contributed by atoms with Gasteiger partial charge in [0.1, 0.15) is 0 Å². The van der Waals surface area contributed by atoms with E-state index >= 15 is 0 Å². The Morgan fingerprint density at radius 2 is 1.77 bits per heavy atom. The standard InChI is InChI=1S/C22H34N2O4SSi/c1-8-24(9-2)21(26)16-12-10-11-13-17(16)29-22(27)14(3)19-18(20(25)23-19)15(4)28-30(5,6)7/h10-15,18-19H,8-9H2,1-7H3,(H,23,25)/t14?,15?,18-,19-/m1/s1. The summed E-state index contributed by atoms with van der Waals surface area (Å²) in [6.45, 7) is 15.1. The van der Waals surface area contributed by atoms with Crippen LogP contribution in [-0.4, -0.2) is 55.4 Å². The lowest BCUT2D eigenvalue weighted by atomic mass is 9.79. The van der Waals surface area contributed by atoms with E-state index in [1.807, 2.05) is 39.8 Å². The highest BCUT2D eigenvalue weighted by Crippen LogP contribution is 2.34. The average molecular weight is 451 g/mol. The summed E-state index contributed by atoms with van der Waals surface area (Å²) in [6, 6.07) is 6.96. The molecule has 0 radical (unpaired) electrons.